The second kappa shape index (κ2) is 5.65. The zero-order chi connectivity index (χ0) is 13.9. The van der Waals surface area contributed by atoms with Crippen LogP contribution in [0.5, 0.6) is 0 Å². The minimum Gasteiger partial charge on any atom is -0.348 e. The molecule has 0 radical (unpaired) electrons. The summed E-state index contributed by atoms with van der Waals surface area (Å²) in [4.78, 5) is 11.3. The lowest BCUT2D eigenvalue weighted by atomic mass is 9.96. The molecule has 1 fully saturated rings. The highest BCUT2D eigenvalue weighted by Crippen LogP contribution is 2.27. The number of Topliss-reactive ketones (excluding diaryl/α,β-unsaturated/α-hetero) is 1. The summed E-state index contributed by atoms with van der Waals surface area (Å²) < 4.78 is 4.15. The summed E-state index contributed by atoms with van der Waals surface area (Å²) in [6.07, 6.45) is 12.4. The number of hydrogen-bond acceptors (Lipinski definition) is 2. The first-order chi connectivity index (χ1) is 9.72. The maximum Gasteiger partial charge on any atom is 0.161 e. The highest BCUT2D eigenvalue weighted by Gasteiger charge is 2.16. The second-order valence-corrected chi connectivity index (χ2v) is 5.71. The highest BCUT2D eigenvalue weighted by atomic mass is 16.1. The van der Waals surface area contributed by atoms with Gasteiger partial charge in [0.15, 0.2) is 5.78 Å². The monoisotopic (exact) mass is 271 g/mol. The van der Waals surface area contributed by atoms with Crippen LogP contribution in [0.15, 0.2) is 30.7 Å². The van der Waals surface area contributed by atoms with E-state index >= 15 is 0 Å². The van der Waals surface area contributed by atoms with Crippen molar-refractivity contribution in [2.45, 2.75) is 51.6 Å². The normalized spacial score (nSPS) is 16.4. The molecule has 2 heterocycles. The Bertz CT molecular complexity index is 590. The van der Waals surface area contributed by atoms with Gasteiger partial charge >= 0.3 is 0 Å². The summed E-state index contributed by atoms with van der Waals surface area (Å²) in [5.41, 5.74) is 1.82. The van der Waals surface area contributed by atoms with E-state index in [-0.39, 0.29) is 5.78 Å². The van der Waals surface area contributed by atoms with Crippen molar-refractivity contribution in [3.8, 4) is 0 Å². The Morgan fingerprint density at radius 2 is 2.05 bits per heavy atom. The molecule has 0 unspecified atom stereocenters. The molecule has 0 atom stereocenters. The topological polar surface area (TPSA) is 39.8 Å². The van der Waals surface area contributed by atoms with Crippen molar-refractivity contribution in [2.75, 3.05) is 0 Å². The zero-order valence-corrected chi connectivity index (χ0v) is 12.0. The quantitative estimate of drug-likeness (QED) is 0.799. The molecule has 2 aromatic heterocycles. The Morgan fingerprint density at radius 1 is 1.25 bits per heavy atom. The summed E-state index contributed by atoms with van der Waals surface area (Å²) in [6, 6.07) is 4.53. The van der Waals surface area contributed by atoms with Gasteiger partial charge in [-0.2, -0.15) is 5.10 Å². The van der Waals surface area contributed by atoms with Crippen LogP contribution < -0.4 is 0 Å². The summed E-state index contributed by atoms with van der Waals surface area (Å²) in [5, 5.41) is 4.69. The van der Waals surface area contributed by atoms with Gasteiger partial charge < -0.3 is 4.57 Å². The van der Waals surface area contributed by atoms with Gasteiger partial charge in [-0.3, -0.25) is 9.48 Å². The van der Waals surface area contributed by atoms with E-state index in [2.05, 4.69) is 16.9 Å². The van der Waals surface area contributed by atoms with Gasteiger partial charge in [0.1, 0.15) is 0 Å². The van der Waals surface area contributed by atoms with E-state index in [9.17, 15) is 4.79 Å². The van der Waals surface area contributed by atoms with Crippen LogP contribution in [0.4, 0.5) is 0 Å². The zero-order valence-electron chi connectivity index (χ0n) is 12.0. The largest absolute Gasteiger partial charge is 0.348 e. The number of rotatable bonds is 4. The molecular formula is C16H21N3O. The van der Waals surface area contributed by atoms with Crippen LogP contribution in [0.25, 0.3) is 0 Å². The van der Waals surface area contributed by atoms with Crippen LogP contribution in [0.2, 0.25) is 0 Å². The van der Waals surface area contributed by atoms with E-state index in [4.69, 9.17) is 5.10 Å². The molecular weight excluding hydrogens is 250 g/mol. The number of nitrogens with zero attached hydrogens (tertiary/aromatic N) is 3. The van der Waals surface area contributed by atoms with E-state index in [1.54, 1.807) is 6.92 Å². The Balaban J connectivity index is 1.68. The van der Waals surface area contributed by atoms with Gasteiger partial charge in [0.05, 0.1) is 18.3 Å². The minimum atomic E-state index is 0.108. The molecule has 1 aliphatic rings. The molecule has 106 valence electrons. The molecule has 0 bridgehead atoms. The average Bonchev–Trinajstić information content (AvgIpc) is 3.10. The lowest BCUT2D eigenvalue weighted by Gasteiger charge is -2.21. The van der Waals surface area contributed by atoms with Gasteiger partial charge in [0.25, 0.3) is 0 Å². The molecule has 0 N–H and O–H groups in total. The van der Waals surface area contributed by atoms with Crippen molar-refractivity contribution >= 4 is 5.78 Å². The molecule has 0 spiro atoms. The van der Waals surface area contributed by atoms with Gasteiger partial charge in [-0.1, -0.05) is 19.3 Å². The van der Waals surface area contributed by atoms with Crippen molar-refractivity contribution in [3.05, 3.63) is 42.0 Å². The number of hydrogen-bond donors (Lipinski definition) is 0. The summed E-state index contributed by atoms with van der Waals surface area (Å²) in [5.74, 6) is 0.108. The van der Waals surface area contributed by atoms with Crippen LogP contribution in [0.1, 0.15) is 61.1 Å². The van der Waals surface area contributed by atoms with E-state index < -0.39 is 0 Å². The summed E-state index contributed by atoms with van der Waals surface area (Å²) in [6.45, 7) is 2.32. The number of ketones is 1. The van der Waals surface area contributed by atoms with Crippen molar-refractivity contribution in [1.82, 2.24) is 14.3 Å². The van der Waals surface area contributed by atoms with Crippen molar-refractivity contribution in [1.29, 1.82) is 0 Å². The first-order valence-electron chi connectivity index (χ1n) is 7.43. The van der Waals surface area contributed by atoms with Crippen molar-refractivity contribution < 1.29 is 4.79 Å². The van der Waals surface area contributed by atoms with E-state index in [0.29, 0.717) is 6.04 Å². The Hall–Kier alpha value is -1.84. The molecule has 4 nitrogen and oxygen atoms in total. The predicted molar refractivity (Wildman–Crippen MR) is 77.9 cm³/mol. The van der Waals surface area contributed by atoms with Crippen molar-refractivity contribution in [2.24, 2.45) is 0 Å². The number of carbonyl (C=O) groups is 1. The molecule has 2 aromatic rings. The van der Waals surface area contributed by atoms with Crippen LogP contribution in [0, 0.1) is 0 Å². The predicted octanol–water partition coefficient (Wildman–Crippen LogP) is 3.44. The first-order valence-corrected chi connectivity index (χ1v) is 7.43. The van der Waals surface area contributed by atoms with Crippen LogP contribution in [0.3, 0.4) is 0 Å². The van der Waals surface area contributed by atoms with E-state index in [1.807, 2.05) is 23.0 Å². The van der Waals surface area contributed by atoms with E-state index in [0.717, 1.165) is 17.8 Å². The maximum atomic E-state index is 11.3. The van der Waals surface area contributed by atoms with Crippen LogP contribution in [-0.4, -0.2) is 20.1 Å². The summed E-state index contributed by atoms with van der Waals surface area (Å²) >= 11 is 0. The molecule has 1 saturated carbocycles. The third kappa shape index (κ3) is 2.84. The molecule has 0 aliphatic heterocycles. The smallest absolute Gasteiger partial charge is 0.161 e. The number of aromatic nitrogens is 3. The fraction of sp³-hybridized carbons (Fsp3) is 0.500. The van der Waals surface area contributed by atoms with Gasteiger partial charge in [-0.05, 0) is 31.9 Å². The first kappa shape index (κ1) is 13.2. The van der Waals surface area contributed by atoms with Crippen LogP contribution in [-0.2, 0) is 6.54 Å². The van der Waals surface area contributed by atoms with Gasteiger partial charge in [0.2, 0.25) is 0 Å². The maximum absolute atomic E-state index is 11.3. The molecule has 3 rings (SSSR count). The molecule has 0 saturated heterocycles. The second-order valence-electron chi connectivity index (χ2n) is 5.71. The lowest BCUT2D eigenvalue weighted by molar-refractivity contribution is 0.101. The molecule has 0 amide bonds. The van der Waals surface area contributed by atoms with Gasteiger partial charge in [0, 0.05) is 24.2 Å². The number of carbonyl (C=O) groups excluding carboxylic acids is 1. The SMILES string of the molecule is CC(=O)c1ccn(Cc2ccn(C3CCCCC3)n2)c1. The lowest BCUT2D eigenvalue weighted by Crippen LogP contribution is -2.13. The van der Waals surface area contributed by atoms with E-state index in [1.165, 1.54) is 32.1 Å². The van der Waals surface area contributed by atoms with Crippen molar-refractivity contribution in [3.63, 3.8) is 0 Å². The fourth-order valence-electron chi connectivity index (χ4n) is 2.95. The molecule has 0 aromatic carbocycles. The average molecular weight is 271 g/mol. The molecule has 20 heavy (non-hydrogen) atoms. The molecule has 1 aliphatic carbocycles. The highest BCUT2D eigenvalue weighted by molar-refractivity contribution is 5.93. The Morgan fingerprint density at radius 3 is 2.75 bits per heavy atom. The summed E-state index contributed by atoms with van der Waals surface area (Å²) in [7, 11) is 0. The minimum absolute atomic E-state index is 0.108. The fourth-order valence-corrected chi connectivity index (χ4v) is 2.95. The third-order valence-corrected chi connectivity index (χ3v) is 4.11. The Kier molecular flexibility index (Phi) is 3.72. The van der Waals surface area contributed by atoms with Gasteiger partial charge in [-0.25, -0.2) is 0 Å². The molecule has 4 heteroatoms. The van der Waals surface area contributed by atoms with Crippen LogP contribution >= 0.6 is 0 Å². The Labute approximate surface area is 119 Å². The third-order valence-electron chi connectivity index (χ3n) is 4.11. The standard InChI is InChI=1S/C16H21N3O/c1-13(20)14-7-9-18(11-14)12-15-8-10-19(17-15)16-5-3-2-4-6-16/h7-11,16H,2-6,12H2,1H3. The van der Waals surface area contributed by atoms with Gasteiger partial charge in [-0.15, -0.1) is 0 Å².